The van der Waals surface area contributed by atoms with Crippen molar-refractivity contribution in [2.45, 2.75) is 33.4 Å². The van der Waals surface area contributed by atoms with Crippen LogP contribution in [0.4, 0.5) is 0 Å². The van der Waals surface area contributed by atoms with Crippen molar-refractivity contribution in [3.05, 3.63) is 48.7 Å². The summed E-state index contributed by atoms with van der Waals surface area (Å²) in [6, 6.07) is 8.34. The van der Waals surface area contributed by atoms with Gasteiger partial charge in [0.2, 0.25) is 0 Å². The Hall–Kier alpha value is -2.23. The number of hydrogen-bond donors (Lipinski definition) is 0. The molecule has 21 heavy (non-hydrogen) atoms. The Morgan fingerprint density at radius 3 is 2.86 bits per heavy atom. The van der Waals surface area contributed by atoms with Crippen LogP contribution in [0.2, 0.25) is 0 Å². The van der Waals surface area contributed by atoms with Crippen LogP contribution in [0.1, 0.15) is 26.0 Å². The summed E-state index contributed by atoms with van der Waals surface area (Å²) in [6.07, 6.45) is 7.10. The van der Waals surface area contributed by atoms with Crippen LogP contribution in [0.15, 0.2) is 43.0 Å². The molecule has 0 unspecified atom stereocenters. The number of nitrogens with zero attached hydrogens (tertiary/aromatic N) is 3. The number of hydrogen-bond acceptors (Lipinski definition) is 2. The second kappa shape index (κ2) is 6.04. The average molecular weight is 283 g/mol. The van der Waals surface area contributed by atoms with Gasteiger partial charge in [-0.25, -0.2) is 4.98 Å². The van der Waals surface area contributed by atoms with Crippen molar-refractivity contribution in [2.24, 2.45) is 0 Å². The molecule has 0 fully saturated rings. The van der Waals surface area contributed by atoms with Crippen molar-refractivity contribution in [3.8, 4) is 5.75 Å². The lowest BCUT2D eigenvalue weighted by Gasteiger charge is -2.10. The molecule has 110 valence electrons. The summed E-state index contributed by atoms with van der Waals surface area (Å²) in [4.78, 5) is 4.27. The number of ether oxygens (including phenoxy) is 1. The first-order chi connectivity index (χ1) is 10.3. The third-order valence-corrected chi connectivity index (χ3v) is 3.67. The molecule has 0 radical (unpaired) electrons. The lowest BCUT2D eigenvalue weighted by Crippen LogP contribution is -2.06. The number of benzene rings is 1. The lowest BCUT2D eigenvalue weighted by atomic mass is 10.2. The SMILES string of the molecule is CCCn1cncc1Cn1ccc2c(OCC)cccc21. The minimum absolute atomic E-state index is 0.688. The molecule has 4 nitrogen and oxygen atoms in total. The summed E-state index contributed by atoms with van der Waals surface area (Å²) in [6.45, 7) is 6.73. The minimum Gasteiger partial charge on any atom is -0.493 e. The highest BCUT2D eigenvalue weighted by Gasteiger charge is 2.08. The van der Waals surface area contributed by atoms with Gasteiger partial charge in [-0.05, 0) is 31.5 Å². The van der Waals surface area contributed by atoms with E-state index in [0.29, 0.717) is 6.61 Å². The molecule has 0 aliphatic carbocycles. The molecule has 1 aromatic carbocycles. The molecule has 4 heteroatoms. The molecule has 2 aromatic heterocycles. The number of aryl methyl sites for hydroxylation is 1. The maximum absolute atomic E-state index is 5.70. The topological polar surface area (TPSA) is 32.0 Å². The Balaban J connectivity index is 1.94. The van der Waals surface area contributed by atoms with E-state index in [1.165, 1.54) is 16.6 Å². The zero-order valence-corrected chi connectivity index (χ0v) is 12.6. The molecule has 0 bridgehead atoms. The molecule has 0 aliphatic rings. The molecule has 0 N–H and O–H groups in total. The second-order valence-electron chi connectivity index (χ2n) is 5.14. The van der Waals surface area contributed by atoms with E-state index >= 15 is 0 Å². The summed E-state index contributed by atoms with van der Waals surface area (Å²) >= 11 is 0. The summed E-state index contributed by atoms with van der Waals surface area (Å²) in [5.41, 5.74) is 2.43. The first-order valence-corrected chi connectivity index (χ1v) is 7.53. The van der Waals surface area contributed by atoms with Gasteiger partial charge in [-0.3, -0.25) is 0 Å². The van der Waals surface area contributed by atoms with Crippen LogP contribution in [-0.4, -0.2) is 20.7 Å². The molecule has 0 atom stereocenters. The highest BCUT2D eigenvalue weighted by atomic mass is 16.5. The van der Waals surface area contributed by atoms with Crippen LogP contribution in [-0.2, 0) is 13.1 Å². The van der Waals surface area contributed by atoms with E-state index in [1.807, 2.05) is 31.6 Å². The van der Waals surface area contributed by atoms with Crippen molar-refractivity contribution in [2.75, 3.05) is 6.61 Å². The van der Waals surface area contributed by atoms with Crippen LogP contribution in [0.3, 0.4) is 0 Å². The fourth-order valence-electron chi connectivity index (χ4n) is 2.71. The molecule has 0 spiro atoms. The fourth-order valence-corrected chi connectivity index (χ4v) is 2.71. The minimum atomic E-state index is 0.688. The average Bonchev–Trinajstić information content (AvgIpc) is 3.09. The summed E-state index contributed by atoms with van der Waals surface area (Å²) in [5.74, 6) is 0.954. The molecule has 2 heterocycles. The second-order valence-corrected chi connectivity index (χ2v) is 5.14. The van der Waals surface area contributed by atoms with Gasteiger partial charge in [-0.1, -0.05) is 13.0 Å². The Morgan fingerprint density at radius 2 is 2.05 bits per heavy atom. The normalized spacial score (nSPS) is 11.1. The summed E-state index contributed by atoms with van der Waals surface area (Å²) in [7, 11) is 0. The third-order valence-electron chi connectivity index (χ3n) is 3.67. The van der Waals surface area contributed by atoms with Gasteiger partial charge in [0.15, 0.2) is 0 Å². The number of aromatic nitrogens is 3. The largest absolute Gasteiger partial charge is 0.493 e. The fraction of sp³-hybridized carbons (Fsp3) is 0.353. The Labute approximate surface area is 125 Å². The summed E-state index contributed by atoms with van der Waals surface area (Å²) < 4.78 is 10.2. The van der Waals surface area contributed by atoms with Gasteiger partial charge in [0, 0.05) is 24.3 Å². The molecule has 3 rings (SSSR count). The molecular formula is C17H21N3O. The molecule has 0 aliphatic heterocycles. The van der Waals surface area contributed by atoms with Crippen molar-refractivity contribution in [3.63, 3.8) is 0 Å². The zero-order chi connectivity index (χ0) is 14.7. The van der Waals surface area contributed by atoms with Gasteiger partial charge in [0.25, 0.3) is 0 Å². The van der Waals surface area contributed by atoms with E-state index in [9.17, 15) is 0 Å². The predicted molar refractivity (Wildman–Crippen MR) is 84.7 cm³/mol. The van der Waals surface area contributed by atoms with E-state index in [-0.39, 0.29) is 0 Å². The molecule has 0 saturated carbocycles. The number of rotatable bonds is 6. The van der Waals surface area contributed by atoms with E-state index in [0.717, 1.165) is 25.3 Å². The Bertz CT molecular complexity index is 727. The number of imidazole rings is 1. The quantitative estimate of drug-likeness (QED) is 0.691. The molecular weight excluding hydrogens is 262 g/mol. The monoisotopic (exact) mass is 283 g/mol. The van der Waals surface area contributed by atoms with Gasteiger partial charge in [-0.2, -0.15) is 0 Å². The van der Waals surface area contributed by atoms with Gasteiger partial charge < -0.3 is 13.9 Å². The van der Waals surface area contributed by atoms with Gasteiger partial charge in [0.1, 0.15) is 5.75 Å². The first-order valence-electron chi connectivity index (χ1n) is 7.53. The van der Waals surface area contributed by atoms with E-state index in [2.05, 4.69) is 39.4 Å². The van der Waals surface area contributed by atoms with Crippen LogP contribution >= 0.6 is 0 Å². The van der Waals surface area contributed by atoms with Crippen LogP contribution in [0, 0.1) is 0 Å². The van der Waals surface area contributed by atoms with E-state index in [1.54, 1.807) is 0 Å². The van der Waals surface area contributed by atoms with Gasteiger partial charge in [-0.15, -0.1) is 0 Å². The Morgan fingerprint density at radius 1 is 1.14 bits per heavy atom. The molecule has 0 amide bonds. The highest BCUT2D eigenvalue weighted by Crippen LogP contribution is 2.27. The standard InChI is InChI=1S/C17H21N3O/c1-3-9-20-13-18-11-14(20)12-19-10-8-15-16(19)6-5-7-17(15)21-4-2/h5-8,10-11,13H,3-4,9,12H2,1-2H3. The lowest BCUT2D eigenvalue weighted by molar-refractivity contribution is 0.344. The van der Waals surface area contributed by atoms with Crippen molar-refractivity contribution < 1.29 is 4.74 Å². The first kappa shape index (κ1) is 13.7. The maximum atomic E-state index is 5.70. The smallest absolute Gasteiger partial charge is 0.128 e. The van der Waals surface area contributed by atoms with Crippen LogP contribution < -0.4 is 4.74 Å². The predicted octanol–water partition coefficient (Wildman–Crippen LogP) is 3.69. The highest BCUT2D eigenvalue weighted by molar-refractivity contribution is 5.86. The summed E-state index contributed by atoms with van der Waals surface area (Å²) in [5, 5.41) is 1.17. The zero-order valence-electron chi connectivity index (χ0n) is 12.6. The van der Waals surface area contributed by atoms with Crippen molar-refractivity contribution in [1.29, 1.82) is 0 Å². The molecule has 0 saturated heterocycles. The molecule has 3 aromatic rings. The van der Waals surface area contributed by atoms with E-state index < -0.39 is 0 Å². The van der Waals surface area contributed by atoms with Crippen molar-refractivity contribution in [1.82, 2.24) is 14.1 Å². The Kier molecular flexibility index (Phi) is 3.95. The van der Waals surface area contributed by atoms with Crippen molar-refractivity contribution >= 4 is 10.9 Å². The number of fused-ring (bicyclic) bond motifs is 1. The third kappa shape index (κ3) is 2.66. The van der Waals surface area contributed by atoms with Crippen LogP contribution in [0.25, 0.3) is 10.9 Å². The maximum Gasteiger partial charge on any atom is 0.128 e. The van der Waals surface area contributed by atoms with E-state index in [4.69, 9.17) is 4.74 Å². The van der Waals surface area contributed by atoms with Gasteiger partial charge in [0.05, 0.1) is 30.7 Å². The van der Waals surface area contributed by atoms with Crippen LogP contribution in [0.5, 0.6) is 5.75 Å². The van der Waals surface area contributed by atoms with Gasteiger partial charge >= 0.3 is 0 Å².